The van der Waals surface area contributed by atoms with Crippen LogP contribution in [0.1, 0.15) is 26.7 Å². The number of Topliss-reactive ketones (excluding diaryl/α,β-unsaturated/α-hetero) is 2. The van der Waals surface area contributed by atoms with E-state index in [-0.39, 0.29) is 19.4 Å². The zero-order valence-electron chi connectivity index (χ0n) is 13.4. The molecule has 0 aromatic carbocycles. The molecule has 0 aromatic heterocycles. The summed E-state index contributed by atoms with van der Waals surface area (Å²) in [5, 5.41) is 57.8. The summed E-state index contributed by atoms with van der Waals surface area (Å²) < 4.78 is 4.83. The van der Waals surface area contributed by atoms with Crippen LogP contribution in [-0.4, -0.2) is 92.0 Å². The van der Waals surface area contributed by atoms with Crippen LogP contribution in [-0.2, 0) is 14.3 Å². The molecular weight excluding hydrogens is 312 g/mol. The molecule has 0 radical (unpaired) electrons. The van der Waals surface area contributed by atoms with Crippen molar-refractivity contribution in [2.45, 2.75) is 43.5 Å². The second-order valence-electron chi connectivity index (χ2n) is 5.38. The van der Waals surface area contributed by atoms with Crippen molar-refractivity contribution >= 4 is 11.6 Å². The topological polar surface area (TPSA) is 165 Å². The van der Waals surface area contributed by atoms with Crippen molar-refractivity contribution in [2.75, 3.05) is 33.0 Å². The predicted octanol–water partition coefficient (Wildman–Crippen LogP) is -2.87. The van der Waals surface area contributed by atoms with Gasteiger partial charge >= 0.3 is 0 Å². The highest BCUT2D eigenvalue weighted by molar-refractivity contribution is 6.16. The van der Waals surface area contributed by atoms with Crippen LogP contribution >= 0.6 is 0 Å². The third-order valence-corrected chi connectivity index (χ3v) is 3.84. The van der Waals surface area contributed by atoms with Gasteiger partial charge in [-0.1, -0.05) is 13.8 Å². The lowest BCUT2D eigenvalue weighted by atomic mass is 9.76. The Hall–Kier alpha value is -0.940. The van der Waals surface area contributed by atoms with E-state index in [0.29, 0.717) is 0 Å². The van der Waals surface area contributed by atoms with Crippen LogP contribution in [0, 0.1) is 0 Å². The average Bonchev–Trinajstić information content (AvgIpc) is 2.58. The van der Waals surface area contributed by atoms with E-state index >= 15 is 0 Å². The molecule has 0 aliphatic carbocycles. The zero-order chi connectivity index (χ0) is 18.3. The van der Waals surface area contributed by atoms with Gasteiger partial charge in [-0.3, -0.25) is 9.59 Å². The quantitative estimate of drug-likeness (QED) is 0.162. The summed E-state index contributed by atoms with van der Waals surface area (Å²) in [7, 11) is 0. The number of carbonyl (C=O) groups excluding carboxylic acids is 2. The zero-order valence-corrected chi connectivity index (χ0v) is 13.4. The summed E-state index contributed by atoms with van der Waals surface area (Å²) in [5.74, 6) is -2.89. The van der Waals surface area contributed by atoms with E-state index in [9.17, 15) is 35.1 Å². The monoisotopic (exact) mass is 338 g/mol. The average molecular weight is 338 g/mol. The summed E-state index contributed by atoms with van der Waals surface area (Å²) in [6.07, 6.45) is -0.608. The lowest BCUT2D eigenvalue weighted by Gasteiger charge is -2.37. The summed E-state index contributed by atoms with van der Waals surface area (Å²) in [6, 6.07) is 0. The van der Waals surface area contributed by atoms with Crippen LogP contribution in [0.15, 0.2) is 0 Å². The number of aliphatic hydroxyl groups excluding tert-OH is 3. The summed E-state index contributed by atoms with van der Waals surface area (Å²) in [4.78, 5) is 24.9. The van der Waals surface area contributed by atoms with E-state index in [1.165, 1.54) is 13.8 Å². The minimum Gasteiger partial charge on any atom is -0.394 e. The Morgan fingerprint density at radius 3 is 1.52 bits per heavy atom. The molecule has 0 aliphatic heterocycles. The molecular formula is C14H26O9. The maximum absolute atomic E-state index is 12.4. The Morgan fingerprint density at radius 1 is 0.870 bits per heavy atom. The molecule has 0 amide bonds. The third kappa shape index (κ3) is 4.54. The number of rotatable bonds is 12. The van der Waals surface area contributed by atoms with Gasteiger partial charge in [0.05, 0.1) is 33.0 Å². The van der Waals surface area contributed by atoms with Crippen molar-refractivity contribution in [3.63, 3.8) is 0 Å². The predicted molar refractivity (Wildman–Crippen MR) is 77.5 cm³/mol. The van der Waals surface area contributed by atoms with Crippen LogP contribution in [0.25, 0.3) is 0 Å². The molecule has 0 aromatic rings. The lowest BCUT2D eigenvalue weighted by Crippen LogP contribution is -2.66. The molecule has 0 saturated heterocycles. The molecule has 23 heavy (non-hydrogen) atoms. The fourth-order valence-corrected chi connectivity index (χ4v) is 1.98. The van der Waals surface area contributed by atoms with Crippen LogP contribution in [0.5, 0.6) is 0 Å². The Morgan fingerprint density at radius 2 is 1.26 bits per heavy atom. The molecule has 9 nitrogen and oxygen atoms in total. The van der Waals surface area contributed by atoms with Gasteiger partial charge in [-0.25, -0.2) is 0 Å². The highest BCUT2D eigenvalue weighted by Gasteiger charge is 2.57. The van der Waals surface area contributed by atoms with E-state index in [4.69, 9.17) is 9.84 Å². The number of ether oxygens (including phenoxy) is 1. The van der Waals surface area contributed by atoms with Crippen LogP contribution in [0.3, 0.4) is 0 Å². The lowest BCUT2D eigenvalue weighted by molar-refractivity contribution is -0.185. The minimum absolute atomic E-state index is 0.304. The summed E-state index contributed by atoms with van der Waals surface area (Å²) in [6.45, 7) is -1.11. The number of ketones is 2. The SMILES string of the molecule is CCC(O)(CO)C(=O)C(O)(COCCO)C(=O)C(O)(CC)CO. The molecule has 0 saturated carbocycles. The van der Waals surface area contributed by atoms with Crippen molar-refractivity contribution in [3.05, 3.63) is 0 Å². The normalized spacial score (nSPS) is 19.5. The largest absolute Gasteiger partial charge is 0.394 e. The fraction of sp³-hybridized carbons (Fsp3) is 0.857. The van der Waals surface area contributed by atoms with Gasteiger partial charge in [0.2, 0.25) is 17.2 Å². The maximum Gasteiger partial charge on any atom is 0.211 e. The van der Waals surface area contributed by atoms with Gasteiger partial charge in [0.15, 0.2) is 0 Å². The van der Waals surface area contributed by atoms with Gasteiger partial charge < -0.3 is 35.4 Å². The first-order valence-electron chi connectivity index (χ1n) is 7.29. The molecule has 2 unspecified atom stereocenters. The molecule has 0 aliphatic rings. The van der Waals surface area contributed by atoms with Crippen molar-refractivity contribution in [2.24, 2.45) is 0 Å². The van der Waals surface area contributed by atoms with Gasteiger partial charge in [0.1, 0.15) is 11.2 Å². The smallest absolute Gasteiger partial charge is 0.211 e. The molecule has 0 heterocycles. The Kier molecular flexibility index (Phi) is 8.43. The molecule has 136 valence electrons. The van der Waals surface area contributed by atoms with Gasteiger partial charge in [-0.2, -0.15) is 0 Å². The van der Waals surface area contributed by atoms with Crippen molar-refractivity contribution in [1.29, 1.82) is 0 Å². The molecule has 0 bridgehead atoms. The van der Waals surface area contributed by atoms with Crippen molar-refractivity contribution in [3.8, 4) is 0 Å². The number of hydrogen-bond acceptors (Lipinski definition) is 9. The van der Waals surface area contributed by atoms with E-state index in [2.05, 4.69) is 0 Å². The third-order valence-electron chi connectivity index (χ3n) is 3.84. The maximum atomic E-state index is 12.4. The second-order valence-corrected chi connectivity index (χ2v) is 5.38. The van der Waals surface area contributed by atoms with Gasteiger partial charge in [-0.15, -0.1) is 0 Å². The molecule has 0 spiro atoms. The highest BCUT2D eigenvalue weighted by atomic mass is 16.5. The first-order valence-corrected chi connectivity index (χ1v) is 7.29. The van der Waals surface area contributed by atoms with Gasteiger partial charge in [0.25, 0.3) is 0 Å². The van der Waals surface area contributed by atoms with Gasteiger partial charge in [0, 0.05) is 0 Å². The first kappa shape index (κ1) is 22.1. The Balaban J connectivity index is 5.83. The minimum atomic E-state index is -2.99. The van der Waals surface area contributed by atoms with Crippen molar-refractivity contribution < 1.29 is 45.0 Å². The van der Waals surface area contributed by atoms with E-state index in [1.807, 2.05) is 0 Å². The van der Waals surface area contributed by atoms with Crippen LogP contribution in [0.4, 0.5) is 0 Å². The number of carbonyl (C=O) groups is 2. The van der Waals surface area contributed by atoms with Gasteiger partial charge in [-0.05, 0) is 12.8 Å². The number of hydrogen-bond donors (Lipinski definition) is 6. The molecule has 6 N–H and O–H groups in total. The van der Waals surface area contributed by atoms with Crippen molar-refractivity contribution in [1.82, 2.24) is 0 Å². The highest BCUT2D eigenvalue weighted by Crippen LogP contribution is 2.27. The fourth-order valence-electron chi connectivity index (χ4n) is 1.98. The first-order chi connectivity index (χ1) is 10.6. The molecule has 0 fully saturated rings. The molecule has 9 heteroatoms. The second kappa shape index (κ2) is 8.78. The van der Waals surface area contributed by atoms with Crippen LogP contribution < -0.4 is 0 Å². The molecule has 0 rings (SSSR count). The Bertz CT molecular complexity index is 369. The van der Waals surface area contributed by atoms with Crippen LogP contribution in [0.2, 0.25) is 0 Å². The molecule has 2 atom stereocenters. The standard InChI is InChI=1S/C14H26O9/c1-3-12(20,7-16)10(18)14(22,9-23-6-5-15)11(19)13(21,4-2)8-17/h15-17,20-22H,3-9H2,1-2H3. The van der Waals surface area contributed by atoms with E-state index in [1.54, 1.807) is 0 Å². The number of aliphatic hydroxyl groups is 6. The van der Waals surface area contributed by atoms with E-state index < -0.39 is 54.8 Å². The summed E-state index contributed by atoms with van der Waals surface area (Å²) >= 11 is 0. The van der Waals surface area contributed by atoms with E-state index in [0.717, 1.165) is 0 Å². The summed E-state index contributed by atoms with van der Waals surface area (Å²) in [5.41, 5.74) is -7.83. The Labute approximate surface area is 134 Å².